The zero-order chi connectivity index (χ0) is 38.8. The van der Waals surface area contributed by atoms with Gasteiger partial charge in [0.15, 0.2) is 0 Å². The van der Waals surface area contributed by atoms with Crippen molar-refractivity contribution in [1.82, 2.24) is 19.5 Å². The number of nitrogens with zero attached hydrogens (tertiary/aromatic N) is 3. The largest absolute Gasteiger partial charge is 0.355 e. The topological polar surface area (TPSA) is 46.5 Å². The third kappa shape index (κ3) is 6.21. The van der Waals surface area contributed by atoms with E-state index >= 15 is 0 Å². The molecule has 0 radical (unpaired) electrons. The summed E-state index contributed by atoms with van der Waals surface area (Å²) >= 11 is 0. The molecule has 274 valence electrons. The van der Waals surface area contributed by atoms with E-state index in [0.717, 1.165) is 61.7 Å². The van der Waals surface area contributed by atoms with E-state index in [1.54, 1.807) is 0 Å². The van der Waals surface area contributed by atoms with Crippen molar-refractivity contribution >= 4 is 46.4 Å². The molecule has 0 aliphatic carbocycles. The first kappa shape index (κ1) is 35.2. The van der Waals surface area contributed by atoms with Gasteiger partial charge in [-0.2, -0.15) is 0 Å². The first-order valence-electron chi connectivity index (χ1n) is 19.5. The highest BCUT2D eigenvalue weighted by molar-refractivity contribution is 6.12. The molecule has 4 nitrogen and oxygen atoms in total. The minimum absolute atomic E-state index is 0.899. The van der Waals surface area contributed by atoms with Crippen molar-refractivity contribution in [2.45, 2.75) is 55.4 Å². The lowest BCUT2D eigenvalue weighted by atomic mass is 9.88. The van der Waals surface area contributed by atoms with Crippen molar-refractivity contribution in [2.75, 3.05) is 0 Å². The second-order valence-corrected chi connectivity index (χ2v) is 15.8. The second-order valence-electron chi connectivity index (χ2n) is 15.8. The average molecular weight is 727 g/mol. The van der Waals surface area contributed by atoms with Crippen LogP contribution in [0.5, 0.6) is 0 Å². The standard InChI is InChI=1S/C52H46N4/c1-30-9-18-43(34(5)23-30)49-46-21-17-41(55-46)28-40-14-13-38(53-40)27-39-15-16-42(54-39)29-48-50(44-19-10-31(2)24-35(44)6)51(45-20-11-32(3)25-36(45)7)52(49)56(48)47-22-12-33(4)26-37(47)8/h9-29,53H,1-8H3. The lowest BCUT2D eigenvalue weighted by Gasteiger charge is -2.17. The zero-order valence-electron chi connectivity index (χ0n) is 33.5. The third-order valence-electron chi connectivity index (χ3n) is 11.2. The minimum atomic E-state index is 0.899. The molecule has 9 rings (SSSR count). The number of hydrogen-bond donors (Lipinski definition) is 1. The highest BCUT2D eigenvalue weighted by Gasteiger charge is 2.28. The number of hydrogen-bond acceptors (Lipinski definition) is 2. The molecule has 4 heteroatoms. The molecule has 0 amide bonds. The van der Waals surface area contributed by atoms with Gasteiger partial charge < -0.3 is 9.55 Å². The summed E-state index contributed by atoms with van der Waals surface area (Å²) in [4.78, 5) is 14.2. The van der Waals surface area contributed by atoms with Crippen molar-refractivity contribution in [1.29, 1.82) is 0 Å². The van der Waals surface area contributed by atoms with Crippen LogP contribution in [0.2, 0.25) is 0 Å². The number of aromatic nitrogens is 4. The fourth-order valence-electron chi connectivity index (χ4n) is 8.68. The van der Waals surface area contributed by atoms with Crippen LogP contribution >= 0.6 is 0 Å². The minimum Gasteiger partial charge on any atom is -0.355 e. The molecule has 0 fully saturated rings. The fraction of sp³-hybridized carbons (Fsp3) is 0.154. The van der Waals surface area contributed by atoms with E-state index in [4.69, 9.17) is 9.97 Å². The van der Waals surface area contributed by atoms with Crippen molar-refractivity contribution in [3.8, 4) is 39.1 Å². The van der Waals surface area contributed by atoms with Gasteiger partial charge in [0.1, 0.15) is 0 Å². The van der Waals surface area contributed by atoms with Crippen LogP contribution in [-0.4, -0.2) is 19.5 Å². The Morgan fingerprint density at radius 2 is 0.875 bits per heavy atom. The molecule has 7 aromatic rings. The molecular formula is C52H46N4. The first-order chi connectivity index (χ1) is 27.0. The summed E-state index contributed by atoms with van der Waals surface area (Å²) in [6, 6.07) is 38.1. The predicted molar refractivity (Wildman–Crippen MR) is 238 cm³/mol. The summed E-state index contributed by atoms with van der Waals surface area (Å²) in [6.45, 7) is 17.7. The number of aryl methyl sites for hydroxylation is 8. The molecule has 1 N–H and O–H groups in total. The van der Waals surface area contributed by atoms with E-state index in [9.17, 15) is 0 Å². The average Bonchev–Trinajstić information content (AvgIpc) is 3.95. The maximum absolute atomic E-state index is 5.46. The Morgan fingerprint density at radius 3 is 1.43 bits per heavy atom. The highest BCUT2D eigenvalue weighted by atomic mass is 15.0. The Labute approximate surface area is 329 Å². The van der Waals surface area contributed by atoms with Gasteiger partial charge in [0.2, 0.25) is 0 Å². The molecule has 0 saturated carbocycles. The van der Waals surface area contributed by atoms with Crippen LogP contribution in [0.25, 0.3) is 85.4 Å². The van der Waals surface area contributed by atoms with Crippen LogP contribution < -0.4 is 0 Å². The van der Waals surface area contributed by atoms with E-state index in [-0.39, 0.29) is 0 Å². The molecule has 3 aromatic heterocycles. The first-order valence-corrected chi connectivity index (χ1v) is 19.5. The molecule has 4 aromatic carbocycles. The third-order valence-corrected chi connectivity index (χ3v) is 11.2. The number of H-pyrrole nitrogens is 1. The van der Waals surface area contributed by atoms with E-state index in [1.807, 2.05) is 0 Å². The van der Waals surface area contributed by atoms with Gasteiger partial charge in [-0.1, -0.05) is 89.0 Å². The molecule has 0 spiro atoms. The van der Waals surface area contributed by atoms with Crippen LogP contribution in [0.15, 0.2) is 103 Å². The number of fused-ring (bicyclic) bond motifs is 8. The van der Waals surface area contributed by atoms with Gasteiger partial charge in [0, 0.05) is 33.4 Å². The lowest BCUT2D eigenvalue weighted by molar-refractivity contribution is 1.13. The predicted octanol–water partition coefficient (Wildman–Crippen LogP) is 13.6. The van der Waals surface area contributed by atoms with Crippen LogP contribution in [0.1, 0.15) is 67.3 Å². The van der Waals surface area contributed by atoms with Crippen molar-refractivity contribution in [3.05, 3.63) is 170 Å². The Hall–Kier alpha value is -6.52. The number of nitrogens with one attached hydrogen (secondary N) is 1. The Morgan fingerprint density at radius 1 is 0.411 bits per heavy atom. The summed E-state index contributed by atoms with van der Waals surface area (Å²) in [5, 5.41) is 0. The van der Waals surface area contributed by atoms with Crippen LogP contribution in [-0.2, 0) is 0 Å². The van der Waals surface area contributed by atoms with E-state index in [0.29, 0.717) is 0 Å². The molecule has 0 atom stereocenters. The van der Waals surface area contributed by atoms with Gasteiger partial charge in [-0.3, -0.25) is 0 Å². The quantitative estimate of drug-likeness (QED) is 0.196. The normalized spacial score (nSPS) is 12.1. The summed E-state index contributed by atoms with van der Waals surface area (Å²) in [5.74, 6) is 0. The van der Waals surface area contributed by atoms with E-state index in [2.05, 4.69) is 192 Å². The number of aromatic amines is 1. The number of benzene rings is 4. The zero-order valence-corrected chi connectivity index (χ0v) is 33.5. The summed E-state index contributed by atoms with van der Waals surface area (Å²) in [6.07, 6.45) is 8.59. The smallest absolute Gasteiger partial charge is 0.0737 e. The second kappa shape index (κ2) is 13.6. The molecular weight excluding hydrogens is 681 g/mol. The van der Waals surface area contributed by atoms with Gasteiger partial charge in [-0.15, -0.1) is 0 Å². The molecule has 0 saturated heterocycles. The maximum Gasteiger partial charge on any atom is 0.0737 e. The van der Waals surface area contributed by atoms with Gasteiger partial charge in [-0.25, -0.2) is 9.97 Å². The van der Waals surface area contributed by atoms with Crippen LogP contribution in [0.4, 0.5) is 0 Å². The molecule has 0 unspecified atom stereocenters. The Bertz CT molecular complexity index is 3000. The molecule has 5 heterocycles. The SMILES string of the molecule is Cc1ccc(-c2c(-c3ccc(C)cc3C)c3c(-c4ccc(C)cc4C)c4nc(cc5ccc(cc6nc(cc2n3-c2ccc(C)cc2C)C=C6)[nH]5)C=C4)c(C)c1. The van der Waals surface area contributed by atoms with E-state index in [1.165, 1.54) is 66.8 Å². The van der Waals surface area contributed by atoms with Crippen LogP contribution in [0.3, 0.4) is 0 Å². The van der Waals surface area contributed by atoms with Crippen molar-refractivity contribution in [2.24, 2.45) is 0 Å². The summed E-state index contributed by atoms with van der Waals surface area (Å²) < 4.78 is 2.52. The van der Waals surface area contributed by atoms with Gasteiger partial charge in [-0.05, 0) is 155 Å². The Balaban J connectivity index is 1.66. The lowest BCUT2D eigenvalue weighted by Crippen LogP contribution is -2.01. The van der Waals surface area contributed by atoms with Crippen LogP contribution in [0, 0.1) is 55.4 Å². The van der Waals surface area contributed by atoms with Crippen molar-refractivity contribution in [3.63, 3.8) is 0 Å². The van der Waals surface area contributed by atoms with E-state index < -0.39 is 0 Å². The Kier molecular flexibility index (Phi) is 8.58. The summed E-state index contributed by atoms with van der Waals surface area (Å²) in [5.41, 5.74) is 25.7. The molecule has 8 bridgehead atoms. The van der Waals surface area contributed by atoms with Gasteiger partial charge >= 0.3 is 0 Å². The molecule has 2 aliphatic rings. The highest BCUT2D eigenvalue weighted by Crippen LogP contribution is 2.49. The summed E-state index contributed by atoms with van der Waals surface area (Å²) in [7, 11) is 0. The number of rotatable bonds is 4. The van der Waals surface area contributed by atoms with Gasteiger partial charge in [0.25, 0.3) is 0 Å². The molecule has 56 heavy (non-hydrogen) atoms. The fourth-order valence-corrected chi connectivity index (χ4v) is 8.68. The monoisotopic (exact) mass is 726 g/mol. The maximum atomic E-state index is 5.46. The van der Waals surface area contributed by atoms with Crippen molar-refractivity contribution < 1.29 is 0 Å². The molecule has 2 aliphatic heterocycles. The van der Waals surface area contributed by atoms with Gasteiger partial charge in [0.05, 0.1) is 33.8 Å².